The molecule has 0 aromatic heterocycles. The molecule has 4 rings (SSSR count). The lowest BCUT2D eigenvalue weighted by molar-refractivity contribution is 0.0299. The average Bonchev–Trinajstić information content (AvgIpc) is 2.83. The number of carbonyl (C=O) groups is 2. The van der Waals surface area contributed by atoms with Crippen LogP contribution in [0.1, 0.15) is 33.6 Å². The first-order valence-electron chi connectivity index (χ1n) is 10.8. The third kappa shape index (κ3) is 5.22. The van der Waals surface area contributed by atoms with Crippen molar-refractivity contribution in [3.63, 3.8) is 0 Å². The molecule has 0 unspecified atom stereocenters. The van der Waals surface area contributed by atoms with Gasteiger partial charge in [0, 0.05) is 31.7 Å². The summed E-state index contributed by atoms with van der Waals surface area (Å²) in [6.07, 6.45) is 1.61. The van der Waals surface area contributed by atoms with E-state index in [-0.39, 0.29) is 11.8 Å². The predicted octanol–water partition coefficient (Wildman–Crippen LogP) is 3.23. The summed E-state index contributed by atoms with van der Waals surface area (Å²) in [6.45, 7) is 4.00. The highest BCUT2D eigenvalue weighted by molar-refractivity contribution is 5.97. The molecule has 2 aromatic rings. The summed E-state index contributed by atoms with van der Waals surface area (Å²) in [5.41, 5.74) is 0.952. The molecule has 7 heteroatoms. The van der Waals surface area contributed by atoms with Gasteiger partial charge in [0.15, 0.2) is 0 Å². The molecule has 2 aliphatic heterocycles. The molecular formula is C24H27FN2O4. The van der Waals surface area contributed by atoms with Crippen molar-refractivity contribution in [1.82, 2.24) is 9.80 Å². The highest BCUT2D eigenvalue weighted by atomic mass is 19.1. The largest absolute Gasteiger partial charge is 0.492 e. The van der Waals surface area contributed by atoms with Gasteiger partial charge in [0.2, 0.25) is 0 Å². The molecule has 0 atom stereocenters. The van der Waals surface area contributed by atoms with Gasteiger partial charge in [-0.05, 0) is 49.1 Å². The number of hydrogen-bond donors (Lipinski definition) is 0. The van der Waals surface area contributed by atoms with Gasteiger partial charge in [0.05, 0.1) is 25.4 Å². The molecule has 0 radical (unpaired) electrons. The highest BCUT2D eigenvalue weighted by Gasteiger charge is 2.26. The third-order valence-electron chi connectivity index (χ3n) is 5.86. The van der Waals surface area contributed by atoms with Crippen molar-refractivity contribution >= 4 is 11.8 Å². The van der Waals surface area contributed by atoms with Gasteiger partial charge in [-0.25, -0.2) is 4.39 Å². The van der Waals surface area contributed by atoms with Gasteiger partial charge in [-0.3, -0.25) is 9.59 Å². The monoisotopic (exact) mass is 426 g/mol. The van der Waals surface area contributed by atoms with Crippen LogP contribution in [-0.4, -0.2) is 67.6 Å². The smallest absolute Gasteiger partial charge is 0.257 e. The van der Waals surface area contributed by atoms with Crippen LogP contribution in [0.25, 0.3) is 0 Å². The number of rotatable bonds is 5. The minimum Gasteiger partial charge on any atom is -0.492 e. The number of amides is 2. The number of hydrogen-bond acceptors (Lipinski definition) is 4. The Bertz CT molecular complexity index is 921. The van der Waals surface area contributed by atoms with Crippen molar-refractivity contribution in [2.75, 3.05) is 46.0 Å². The van der Waals surface area contributed by atoms with E-state index in [0.717, 1.165) is 12.8 Å². The van der Waals surface area contributed by atoms with Crippen LogP contribution in [0.4, 0.5) is 4.39 Å². The fraction of sp³-hybridized carbons (Fsp3) is 0.417. The lowest BCUT2D eigenvalue weighted by atomic mass is 9.97. The van der Waals surface area contributed by atoms with Crippen molar-refractivity contribution in [3.05, 3.63) is 65.5 Å². The predicted molar refractivity (Wildman–Crippen MR) is 114 cm³/mol. The summed E-state index contributed by atoms with van der Waals surface area (Å²) in [5.74, 6) is 0.314. The van der Waals surface area contributed by atoms with Crippen LogP contribution in [0.5, 0.6) is 5.75 Å². The highest BCUT2D eigenvalue weighted by Crippen LogP contribution is 2.24. The first-order valence-corrected chi connectivity index (χ1v) is 10.8. The van der Waals surface area contributed by atoms with Crippen molar-refractivity contribution in [2.45, 2.75) is 12.8 Å². The zero-order valence-electron chi connectivity index (χ0n) is 17.5. The second-order valence-corrected chi connectivity index (χ2v) is 7.96. The Kier molecular flexibility index (Phi) is 6.82. The second-order valence-electron chi connectivity index (χ2n) is 7.96. The summed E-state index contributed by atoms with van der Waals surface area (Å²) >= 11 is 0. The number of piperidine rings is 1. The molecule has 164 valence electrons. The number of nitrogens with zero attached hydrogens (tertiary/aromatic N) is 2. The summed E-state index contributed by atoms with van der Waals surface area (Å²) in [4.78, 5) is 29.0. The third-order valence-corrected chi connectivity index (χ3v) is 5.86. The van der Waals surface area contributed by atoms with Crippen LogP contribution >= 0.6 is 0 Å². The molecule has 0 N–H and O–H groups in total. The average molecular weight is 426 g/mol. The Morgan fingerprint density at radius 3 is 2.39 bits per heavy atom. The quantitative estimate of drug-likeness (QED) is 0.737. The first kappa shape index (κ1) is 21.3. The van der Waals surface area contributed by atoms with Crippen LogP contribution in [0.3, 0.4) is 0 Å². The minimum absolute atomic E-state index is 0.0330. The Hall–Kier alpha value is -2.93. The summed E-state index contributed by atoms with van der Waals surface area (Å²) in [7, 11) is 0. The van der Waals surface area contributed by atoms with Crippen LogP contribution in [0.2, 0.25) is 0 Å². The van der Waals surface area contributed by atoms with Crippen LogP contribution in [-0.2, 0) is 4.74 Å². The van der Waals surface area contributed by atoms with Gasteiger partial charge in [-0.15, -0.1) is 0 Å². The molecule has 0 bridgehead atoms. The fourth-order valence-electron chi connectivity index (χ4n) is 4.02. The van der Waals surface area contributed by atoms with Crippen LogP contribution in [0.15, 0.2) is 48.5 Å². The molecule has 2 amide bonds. The first-order chi connectivity index (χ1) is 15.1. The molecule has 2 fully saturated rings. The number of morpholine rings is 1. The van der Waals surface area contributed by atoms with Gasteiger partial charge < -0.3 is 19.3 Å². The molecule has 6 nitrogen and oxygen atoms in total. The molecule has 2 heterocycles. The summed E-state index contributed by atoms with van der Waals surface area (Å²) in [5, 5.41) is 0. The van der Waals surface area contributed by atoms with E-state index < -0.39 is 5.82 Å². The standard InChI is InChI=1S/C24H27FN2O4/c25-20-5-3-4-19(16-20)23(28)26-10-8-18(9-11-26)17-31-22-7-2-1-6-21(22)24(29)27-12-14-30-15-13-27/h1-7,16,18H,8-15,17H2. The molecule has 0 saturated carbocycles. The summed E-state index contributed by atoms with van der Waals surface area (Å²) in [6, 6.07) is 13.1. The lowest BCUT2D eigenvalue weighted by Crippen LogP contribution is -2.41. The molecule has 31 heavy (non-hydrogen) atoms. The van der Waals surface area contributed by atoms with E-state index in [9.17, 15) is 14.0 Å². The number of benzene rings is 2. The van der Waals surface area contributed by atoms with E-state index in [4.69, 9.17) is 9.47 Å². The van der Waals surface area contributed by atoms with Crippen LogP contribution < -0.4 is 4.74 Å². The van der Waals surface area contributed by atoms with E-state index in [1.165, 1.54) is 12.1 Å². The van der Waals surface area contributed by atoms with E-state index >= 15 is 0 Å². The van der Waals surface area contributed by atoms with E-state index in [2.05, 4.69) is 0 Å². The molecule has 2 saturated heterocycles. The number of ether oxygens (including phenoxy) is 2. The summed E-state index contributed by atoms with van der Waals surface area (Å²) < 4.78 is 24.8. The lowest BCUT2D eigenvalue weighted by Gasteiger charge is -2.32. The molecule has 0 aliphatic carbocycles. The number of carbonyl (C=O) groups excluding carboxylic acids is 2. The number of halogens is 1. The zero-order valence-corrected chi connectivity index (χ0v) is 17.5. The van der Waals surface area contributed by atoms with Gasteiger partial charge in [0.1, 0.15) is 11.6 Å². The Morgan fingerprint density at radius 1 is 0.935 bits per heavy atom. The van der Waals surface area contributed by atoms with Crippen molar-refractivity contribution in [3.8, 4) is 5.75 Å². The van der Waals surface area contributed by atoms with Crippen molar-refractivity contribution in [2.24, 2.45) is 5.92 Å². The van der Waals surface area contributed by atoms with Gasteiger partial charge in [-0.2, -0.15) is 0 Å². The van der Waals surface area contributed by atoms with Gasteiger partial charge >= 0.3 is 0 Å². The number of para-hydroxylation sites is 1. The minimum atomic E-state index is -0.403. The maximum atomic E-state index is 13.4. The SMILES string of the molecule is O=C(c1cccc(F)c1)N1CCC(COc2ccccc2C(=O)N2CCOCC2)CC1. The van der Waals surface area contributed by atoms with E-state index in [0.29, 0.717) is 68.8 Å². The van der Waals surface area contributed by atoms with Gasteiger partial charge in [-0.1, -0.05) is 18.2 Å². The topological polar surface area (TPSA) is 59.1 Å². The normalized spacial score (nSPS) is 17.5. The molecule has 2 aromatic carbocycles. The van der Waals surface area contributed by atoms with Crippen molar-refractivity contribution in [1.29, 1.82) is 0 Å². The zero-order chi connectivity index (χ0) is 21.6. The molecular weight excluding hydrogens is 399 g/mol. The Morgan fingerprint density at radius 2 is 1.65 bits per heavy atom. The molecule has 0 spiro atoms. The Balaban J connectivity index is 1.31. The van der Waals surface area contributed by atoms with Crippen molar-refractivity contribution < 1.29 is 23.5 Å². The molecule has 2 aliphatic rings. The maximum absolute atomic E-state index is 13.4. The van der Waals surface area contributed by atoms with Crippen LogP contribution in [0, 0.1) is 11.7 Å². The maximum Gasteiger partial charge on any atom is 0.257 e. The Labute approximate surface area is 181 Å². The fourth-order valence-corrected chi connectivity index (χ4v) is 4.02. The van der Waals surface area contributed by atoms with E-state index in [1.54, 1.807) is 28.0 Å². The number of likely N-dealkylation sites (tertiary alicyclic amines) is 1. The van der Waals surface area contributed by atoms with E-state index in [1.807, 2.05) is 18.2 Å². The van der Waals surface area contributed by atoms with Gasteiger partial charge in [0.25, 0.3) is 11.8 Å². The second kappa shape index (κ2) is 9.92.